The van der Waals surface area contributed by atoms with E-state index in [0.717, 1.165) is 24.5 Å². The second kappa shape index (κ2) is 6.45. The molecule has 106 valence electrons. The van der Waals surface area contributed by atoms with Crippen LogP contribution in [0.2, 0.25) is 0 Å². The van der Waals surface area contributed by atoms with Crippen molar-refractivity contribution in [3.63, 3.8) is 0 Å². The maximum absolute atomic E-state index is 12.2. The maximum atomic E-state index is 12.2. The van der Waals surface area contributed by atoms with E-state index in [1.165, 1.54) is 11.3 Å². The molecule has 6 heteroatoms. The lowest BCUT2D eigenvalue weighted by Gasteiger charge is -2.38. The molecule has 1 aromatic heterocycles. The van der Waals surface area contributed by atoms with Crippen LogP contribution in [0.4, 0.5) is 5.13 Å². The molecule has 2 rings (SSSR count). The molecule has 1 amide bonds. The van der Waals surface area contributed by atoms with E-state index in [9.17, 15) is 9.90 Å². The van der Waals surface area contributed by atoms with Crippen molar-refractivity contribution in [2.75, 3.05) is 31.6 Å². The SMILES string of the molecule is CC1CCCN(CC(=O)N(C)c2nccs2)C1CO. The predicted octanol–water partition coefficient (Wildman–Crippen LogP) is 1.20. The molecular formula is C13H21N3O2S. The summed E-state index contributed by atoms with van der Waals surface area (Å²) in [5.74, 6) is 0.471. The number of carbonyl (C=O) groups is 1. The van der Waals surface area contributed by atoms with E-state index >= 15 is 0 Å². The van der Waals surface area contributed by atoms with E-state index in [1.807, 2.05) is 5.38 Å². The quantitative estimate of drug-likeness (QED) is 0.902. The Bertz CT molecular complexity index is 410. The van der Waals surface area contributed by atoms with Crippen molar-refractivity contribution < 1.29 is 9.90 Å². The first-order valence-corrected chi connectivity index (χ1v) is 7.52. The first-order chi connectivity index (χ1) is 9.13. The van der Waals surface area contributed by atoms with E-state index in [-0.39, 0.29) is 18.6 Å². The predicted molar refractivity (Wildman–Crippen MR) is 76.4 cm³/mol. The summed E-state index contributed by atoms with van der Waals surface area (Å²) < 4.78 is 0. The Morgan fingerprint density at radius 3 is 3.11 bits per heavy atom. The molecule has 5 nitrogen and oxygen atoms in total. The smallest absolute Gasteiger partial charge is 0.242 e. The highest BCUT2D eigenvalue weighted by Crippen LogP contribution is 2.23. The van der Waals surface area contributed by atoms with Crippen LogP contribution in [-0.4, -0.2) is 53.7 Å². The van der Waals surface area contributed by atoms with Crippen LogP contribution in [0.3, 0.4) is 0 Å². The Morgan fingerprint density at radius 1 is 1.68 bits per heavy atom. The van der Waals surface area contributed by atoms with Crippen LogP contribution < -0.4 is 4.90 Å². The van der Waals surface area contributed by atoms with Crippen LogP contribution in [0.5, 0.6) is 0 Å². The number of nitrogens with zero attached hydrogens (tertiary/aromatic N) is 3. The number of likely N-dealkylation sites (tertiary alicyclic amines) is 1. The second-order valence-corrected chi connectivity index (χ2v) is 5.98. The van der Waals surface area contributed by atoms with E-state index in [2.05, 4.69) is 16.8 Å². The molecule has 0 aliphatic carbocycles. The lowest BCUT2D eigenvalue weighted by atomic mass is 9.91. The molecule has 0 radical (unpaired) electrons. The van der Waals surface area contributed by atoms with Gasteiger partial charge in [-0.2, -0.15) is 0 Å². The van der Waals surface area contributed by atoms with Crippen molar-refractivity contribution in [3.8, 4) is 0 Å². The summed E-state index contributed by atoms with van der Waals surface area (Å²) >= 11 is 1.45. The van der Waals surface area contributed by atoms with E-state index in [0.29, 0.717) is 12.5 Å². The fourth-order valence-electron chi connectivity index (χ4n) is 2.59. The molecule has 1 aromatic rings. The number of anilines is 1. The Morgan fingerprint density at radius 2 is 2.47 bits per heavy atom. The minimum absolute atomic E-state index is 0.0301. The Labute approximate surface area is 117 Å². The van der Waals surface area contributed by atoms with Gasteiger partial charge in [0.15, 0.2) is 5.13 Å². The van der Waals surface area contributed by atoms with Gasteiger partial charge in [0.25, 0.3) is 0 Å². The number of aliphatic hydroxyl groups is 1. The standard InChI is InChI=1S/C13H21N3O2S/c1-10-4-3-6-16(11(10)9-17)8-12(18)15(2)13-14-5-7-19-13/h5,7,10-11,17H,3-4,6,8-9H2,1-2H3. The molecule has 1 fully saturated rings. The van der Waals surface area contributed by atoms with Crippen molar-refractivity contribution >= 4 is 22.4 Å². The van der Waals surface area contributed by atoms with Crippen molar-refractivity contribution in [3.05, 3.63) is 11.6 Å². The number of hydrogen-bond acceptors (Lipinski definition) is 5. The van der Waals surface area contributed by atoms with Gasteiger partial charge in [0.05, 0.1) is 13.2 Å². The number of rotatable bonds is 4. The van der Waals surface area contributed by atoms with E-state index in [1.54, 1.807) is 18.1 Å². The summed E-state index contributed by atoms with van der Waals surface area (Å²) in [5, 5.41) is 12.1. The zero-order valence-corrected chi connectivity index (χ0v) is 12.3. The number of likely N-dealkylation sites (N-methyl/N-ethyl adjacent to an activating group) is 1. The topological polar surface area (TPSA) is 56.7 Å². The minimum atomic E-state index is 0.0301. The average Bonchev–Trinajstić information content (AvgIpc) is 2.92. The number of aliphatic hydroxyl groups excluding tert-OH is 1. The van der Waals surface area contributed by atoms with Crippen LogP contribution in [0.25, 0.3) is 0 Å². The lowest BCUT2D eigenvalue weighted by Crippen LogP contribution is -2.50. The van der Waals surface area contributed by atoms with Gasteiger partial charge in [-0.15, -0.1) is 11.3 Å². The highest BCUT2D eigenvalue weighted by Gasteiger charge is 2.30. The van der Waals surface area contributed by atoms with Gasteiger partial charge >= 0.3 is 0 Å². The number of amides is 1. The van der Waals surface area contributed by atoms with Crippen molar-refractivity contribution in [1.82, 2.24) is 9.88 Å². The normalized spacial score (nSPS) is 24.4. The summed E-state index contributed by atoms with van der Waals surface area (Å²) in [6, 6.07) is 0.0994. The number of hydrogen-bond donors (Lipinski definition) is 1. The van der Waals surface area contributed by atoms with Gasteiger partial charge in [0, 0.05) is 24.7 Å². The van der Waals surface area contributed by atoms with Crippen molar-refractivity contribution in [2.24, 2.45) is 5.92 Å². The molecule has 2 atom stereocenters. The lowest BCUT2D eigenvalue weighted by molar-refractivity contribution is -0.121. The molecule has 1 aliphatic heterocycles. The third-order valence-electron chi connectivity index (χ3n) is 3.84. The second-order valence-electron chi connectivity index (χ2n) is 5.11. The van der Waals surface area contributed by atoms with Crippen LogP contribution in [0.15, 0.2) is 11.6 Å². The number of carbonyl (C=O) groups excluding carboxylic acids is 1. The first kappa shape index (κ1) is 14.4. The minimum Gasteiger partial charge on any atom is -0.395 e. The molecule has 2 heterocycles. The summed E-state index contributed by atoms with van der Waals surface area (Å²) in [5.41, 5.74) is 0. The molecule has 0 aromatic carbocycles. The van der Waals surface area contributed by atoms with Crippen molar-refractivity contribution in [2.45, 2.75) is 25.8 Å². The molecule has 1 N–H and O–H groups in total. The molecule has 19 heavy (non-hydrogen) atoms. The van der Waals surface area contributed by atoms with Gasteiger partial charge in [-0.05, 0) is 25.3 Å². The highest BCUT2D eigenvalue weighted by atomic mass is 32.1. The van der Waals surface area contributed by atoms with Crippen LogP contribution >= 0.6 is 11.3 Å². The third-order valence-corrected chi connectivity index (χ3v) is 4.68. The molecular weight excluding hydrogens is 262 g/mol. The summed E-state index contributed by atoms with van der Waals surface area (Å²) in [6.45, 7) is 3.50. The highest BCUT2D eigenvalue weighted by molar-refractivity contribution is 7.13. The van der Waals surface area contributed by atoms with Crippen LogP contribution in [-0.2, 0) is 4.79 Å². The van der Waals surface area contributed by atoms with E-state index in [4.69, 9.17) is 0 Å². The molecule has 2 unspecified atom stereocenters. The van der Waals surface area contributed by atoms with Gasteiger partial charge < -0.3 is 5.11 Å². The Balaban J connectivity index is 1.97. The van der Waals surface area contributed by atoms with Gasteiger partial charge in [0.1, 0.15) is 0 Å². The van der Waals surface area contributed by atoms with Gasteiger partial charge in [-0.3, -0.25) is 14.6 Å². The average molecular weight is 283 g/mol. The fourth-order valence-corrected chi connectivity index (χ4v) is 3.22. The van der Waals surface area contributed by atoms with Crippen molar-refractivity contribution in [1.29, 1.82) is 0 Å². The summed E-state index contributed by atoms with van der Waals surface area (Å²) in [4.78, 5) is 20.1. The van der Waals surface area contributed by atoms with Crippen LogP contribution in [0.1, 0.15) is 19.8 Å². The molecule has 1 saturated heterocycles. The number of piperidine rings is 1. The van der Waals surface area contributed by atoms with Gasteiger partial charge in [-0.1, -0.05) is 6.92 Å². The fraction of sp³-hybridized carbons (Fsp3) is 0.692. The summed E-state index contributed by atoms with van der Waals surface area (Å²) in [7, 11) is 1.75. The number of thiazole rings is 1. The largest absolute Gasteiger partial charge is 0.395 e. The zero-order chi connectivity index (χ0) is 13.8. The monoisotopic (exact) mass is 283 g/mol. The van der Waals surface area contributed by atoms with E-state index < -0.39 is 0 Å². The molecule has 0 spiro atoms. The Kier molecular flexibility index (Phi) is 4.90. The molecule has 0 saturated carbocycles. The van der Waals surface area contributed by atoms with Gasteiger partial charge in [0.2, 0.25) is 5.91 Å². The molecule has 1 aliphatic rings. The summed E-state index contributed by atoms with van der Waals surface area (Å²) in [6.07, 6.45) is 3.91. The maximum Gasteiger partial charge on any atom is 0.242 e. The number of aromatic nitrogens is 1. The van der Waals surface area contributed by atoms with Gasteiger partial charge in [-0.25, -0.2) is 4.98 Å². The Hall–Kier alpha value is -0.980. The van der Waals surface area contributed by atoms with Crippen LogP contribution in [0, 0.1) is 5.92 Å². The zero-order valence-electron chi connectivity index (χ0n) is 11.5. The first-order valence-electron chi connectivity index (χ1n) is 6.64. The third kappa shape index (κ3) is 3.32. The molecule has 0 bridgehead atoms.